The summed E-state index contributed by atoms with van der Waals surface area (Å²) in [4.78, 5) is 27.8. The Bertz CT molecular complexity index is 1440. The SMILES string of the molecule is Cc1ccc(C(O)=C2C(=O)C(=O)N(c3nnc(C)s3)C2c2cccc(Oc3ccccc3)c2)cc1. The Morgan fingerprint density at radius 1 is 0.914 bits per heavy atom. The Morgan fingerprint density at radius 3 is 2.31 bits per heavy atom. The summed E-state index contributed by atoms with van der Waals surface area (Å²) in [7, 11) is 0. The van der Waals surface area contributed by atoms with E-state index < -0.39 is 17.7 Å². The van der Waals surface area contributed by atoms with Gasteiger partial charge in [0.15, 0.2) is 0 Å². The number of benzene rings is 3. The Morgan fingerprint density at radius 2 is 1.63 bits per heavy atom. The molecule has 1 aliphatic heterocycles. The second-order valence-corrected chi connectivity index (χ2v) is 9.29. The number of rotatable bonds is 5. The van der Waals surface area contributed by atoms with E-state index in [1.165, 1.54) is 16.2 Å². The number of ether oxygens (including phenoxy) is 1. The number of ketones is 1. The minimum absolute atomic E-state index is 0.0106. The van der Waals surface area contributed by atoms with Crippen molar-refractivity contribution in [1.82, 2.24) is 10.2 Å². The highest BCUT2D eigenvalue weighted by molar-refractivity contribution is 7.15. The number of hydrogen-bond donors (Lipinski definition) is 1. The van der Waals surface area contributed by atoms with Gasteiger partial charge < -0.3 is 9.84 Å². The highest BCUT2D eigenvalue weighted by atomic mass is 32.1. The first-order valence-electron chi connectivity index (χ1n) is 10.9. The van der Waals surface area contributed by atoms with Gasteiger partial charge in [-0.05, 0) is 43.7 Å². The van der Waals surface area contributed by atoms with Crippen molar-refractivity contribution in [3.05, 3.63) is 106 Å². The van der Waals surface area contributed by atoms with Gasteiger partial charge in [-0.25, -0.2) is 0 Å². The van der Waals surface area contributed by atoms with Crippen molar-refractivity contribution in [1.29, 1.82) is 0 Å². The number of aromatic nitrogens is 2. The Labute approximate surface area is 206 Å². The zero-order chi connectivity index (χ0) is 24.5. The average Bonchev–Trinajstić information content (AvgIpc) is 3.40. The molecule has 35 heavy (non-hydrogen) atoms. The molecule has 5 rings (SSSR count). The van der Waals surface area contributed by atoms with Crippen LogP contribution in [0.4, 0.5) is 5.13 Å². The van der Waals surface area contributed by atoms with Gasteiger partial charge >= 0.3 is 5.91 Å². The molecule has 8 heteroatoms. The van der Waals surface area contributed by atoms with Gasteiger partial charge in [-0.3, -0.25) is 14.5 Å². The van der Waals surface area contributed by atoms with E-state index in [0.717, 1.165) is 5.56 Å². The molecular weight excluding hydrogens is 462 g/mol. The second-order valence-electron chi connectivity index (χ2n) is 8.13. The van der Waals surface area contributed by atoms with Crippen molar-refractivity contribution in [3.8, 4) is 11.5 Å². The Hall–Kier alpha value is -4.30. The van der Waals surface area contributed by atoms with Crippen LogP contribution in [0.1, 0.15) is 27.7 Å². The van der Waals surface area contributed by atoms with E-state index >= 15 is 0 Å². The molecule has 0 aliphatic carbocycles. The van der Waals surface area contributed by atoms with E-state index in [2.05, 4.69) is 10.2 Å². The predicted octanol–water partition coefficient (Wildman–Crippen LogP) is 5.57. The number of carbonyl (C=O) groups is 2. The van der Waals surface area contributed by atoms with Crippen LogP contribution in [-0.2, 0) is 9.59 Å². The Balaban J connectivity index is 1.65. The molecule has 0 bridgehead atoms. The minimum Gasteiger partial charge on any atom is -0.507 e. The largest absolute Gasteiger partial charge is 0.507 e. The quantitative estimate of drug-likeness (QED) is 0.227. The zero-order valence-corrected chi connectivity index (χ0v) is 19.8. The van der Waals surface area contributed by atoms with Crippen LogP contribution >= 0.6 is 11.3 Å². The number of aliphatic hydroxyl groups excluding tert-OH is 1. The van der Waals surface area contributed by atoms with Gasteiger partial charge in [0.05, 0.1) is 11.6 Å². The van der Waals surface area contributed by atoms with Crippen molar-refractivity contribution < 1.29 is 19.4 Å². The summed E-state index contributed by atoms with van der Waals surface area (Å²) in [5.74, 6) is -0.614. The molecule has 1 aromatic heterocycles. The van der Waals surface area contributed by atoms with Gasteiger partial charge in [-0.15, -0.1) is 10.2 Å². The third-order valence-corrected chi connectivity index (χ3v) is 6.48. The van der Waals surface area contributed by atoms with Crippen LogP contribution in [-0.4, -0.2) is 27.0 Å². The van der Waals surface area contributed by atoms with E-state index in [1.807, 2.05) is 49.4 Å². The Kier molecular flexibility index (Phi) is 5.88. The third-order valence-electron chi connectivity index (χ3n) is 5.64. The predicted molar refractivity (Wildman–Crippen MR) is 134 cm³/mol. The van der Waals surface area contributed by atoms with Crippen molar-refractivity contribution in [2.24, 2.45) is 0 Å². The number of para-hydroxylation sites is 1. The molecular formula is C27H21N3O4S. The van der Waals surface area contributed by atoms with Crippen molar-refractivity contribution in [2.45, 2.75) is 19.9 Å². The summed E-state index contributed by atoms with van der Waals surface area (Å²) in [6, 6.07) is 22.6. The molecule has 2 heterocycles. The highest BCUT2D eigenvalue weighted by Gasteiger charge is 2.48. The fourth-order valence-corrected chi connectivity index (χ4v) is 4.68. The molecule has 1 aliphatic rings. The molecule has 1 atom stereocenters. The number of aryl methyl sites for hydroxylation is 2. The summed E-state index contributed by atoms with van der Waals surface area (Å²) >= 11 is 1.20. The van der Waals surface area contributed by atoms with E-state index in [-0.39, 0.29) is 16.5 Å². The molecule has 1 unspecified atom stereocenters. The van der Waals surface area contributed by atoms with Crippen LogP contribution in [0.5, 0.6) is 11.5 Å². The third kappa shape index (κ3) is 4.31. The van der Waals surface area contributed by atoms with Gasteiger partial charge in [0.1, 0.15) is 22.3 Å². The number of hydrogen-bond acceptors (Lipinski definition) is 7. The molecule has 1 N–H and O–H groups in total. The van der Waals surface area contributed by atoms with Gasteiger partial charge in [0, 0.05) is 5.56 Å². The summed E-state index contributed by atoms with van der Waals surface area (Å²) in [6.45, 7) is 3.70. The molecule has 1 saturated heterocycles. The smallest absolute Gasteiger partial charge is 0.301 e. The van der Waals surface area contributed by atoms with E-state index in [1.54, 1.807) is 43.3 Å². The van der Waals surface area contributed by atoms with Crippen LogP contribution in [0, 0.1) is 13.8 Å². The van der Waals surface area contributed by atoms with Crippen LogP contribution in [0.2, 0.25) is 0 Å². The topological polar surface area (TPSA) is 92.6 Å². The number of carbonyl (C=O) groups excluding carboxylic acids is 2. The second kappa shape index (κ2) is 9.15. The van der Waals surface area contributed by atoms with Crippen LogP contribution in [0.15, 0.2) is 84.4 Å². The van der Waals surface area contributed by atoms with Crippen molar-refractivity contribution >= 4 is 33.9 Å². The first-order chi connectivity index (χ1) is 16.9. The standard InChI is InChI=1S/C27H21N3O4S/c1-16-11-13-18(14-12-16)24(31)22-23(30(26(33)25(22)32)27-29-28-17(2)35-27)19-7-6-10-21(15-19)34-20-8-4-3-5-9-20/h3-15,23,31H,1-2H3. The lowest BCUT2D eigenvalue weighted by atomic mass is 9.95. The molecule has 1 fully saturated rings. The lowest BCUT2D eigenvalue weighted by Gasteiger charge is -2.23. The molecule has 0 spiro atoms. The molecule has 3 aromatic carbocycles. The molecule has 7 nitrogen and oxygen atoms in total. The maximum Gasteiger partial charge on any atom is 0.301 e. The monoisotopic (exact) mass is 483 g/mol. The molecule has 1 amide bonds. The van der Waals surface area contributed by atoms with Crippen LogP contribution < -0.4 is 9.64 Å². The van der Waals surface area contributed by atoms with Gasteiger partial charge in [0.2, 0.25) is 5.13 Å². The fraction of sp³-hybridized carbons (Fsp3) is 0.111. The fourth-order valence-electron chi connectivity index (χ4n) is 3.97. The first kappa shape index (κ1) is 22.5. The number of nitrogens with zero attached hydrogens (tertiary/aromatic N) is 3. The summed E-state index contributed by atoms with van der Waals surface area (Å²) < 4.78 is 5.98. The zero-order valence-electron chi connectivity index (χ0n) is 19.0. The first-order valence-corrected chi connectivity index (χ1v) is 11.7. The lowest BCUT2D eigenvalue weighted by Crippen LogP contribution is -2.29. The number of amides is 1. The molecule has 0 saturated carbocycles. The summed E-state index contributed by atoms with van der Waals surface area (Å²) in [5, 5.41) is 20.3. The highest BCUT2D eigenvalue weighted by Crippen LogP contribution is 2.43. The number of aliphatic hydroxyl groups is 1. The normalized spacial score (nSPS) is 17.1. The number of Topliss-reactive ketones (excluding diaryl/α,β-unsaturated/α-hetero) is 1. The maximum atomic E-state index is 13.3. The van der Waals surface area contributed by atoms with Crippen LogP contribution in [0.25, 0.3) is 5.76 Å². The summed E-state index contributed by atoms with van der Waals surface area (Å²) in [5.41, 5.74) is 2.04. The van der Waals surface area contributed by atoms with Crippen LogP contribution in [0.3, 0.4) is 0 Å². The maximum absolute atomic E-state index is 13.3. The minimum atomic E-state index is -0.900. The van der Waals surface area contributed by atoms with E-state index in [4.69, 9.17) is 4.74 Å². The number of anilines is 1. The molecule has 174 valence electrons. The molecule has 4 aromatic rings. The van der Waals surface area contributed by atoms with E-state index in [0.29, 0.717) is 27.6 Å². The van der Waals surface area contributed by atoms with Gasteiger partial charge in [0.25, 0.3) is 5.78 Å². The van der Waals surface area contributed by atoms with Gasteiger partial charge in [-0.2, -0.15) is 0 Å². The van der Waals surface area contributed by atoms with E-state index in [9.17, 15) is 14.7 Å². The average molecular weight is 484 g/mol. The lowest BCUT2D eigenvalue weighted by molar-refractivity contribution is -0.132. The van der Waals surface area contributed by atoms with Crippen molar-refractivity contribution in [2.75, 3.05) is 4.90 Å². The molecule has 0 radical (unpaired) electrons. The summed E-state index contributed by atoms with van der Waals surface area (Å²) in [6.07, 6.45) is 0. The van der Waals surface area contributed by atoms with Crippen molar-refractivity contribution in [3.63, 3.8) is 0 Å². The van der Waals surface area contributed by atoms with Gasteiger partial charge in [-0.1, -0.05) is 71.5 Å².